The van der Waals surface area contributed by atoms with Crippen LogP contribution in [-0.2, 0) is 17.8 Å². The van der Waals surface area contributed by atoms with E-state index in [9.17, 15) is 4.79 Å². The van der Waals surface area contributed by atoms with Gasteiger partial charge in [-0.15, -0.1) is 0 Å². The van der Waals surface area contributed by atoms with Crippen molar-refractivity contribution < 1.29 is 4.79 Å². The van der Waals surface area contributed by atoms with E-state index in [0.717, 1.165) is 30.6 Å². The summed E-state index contributed by atoms with van der Waals surface area (Å²) in [6, 6.07) is 8.38. The number of carbonyl (C=O) groups excluding carboxylic acids is 1. The minimum atomic E-state index is 0.0677. The molecule has 4 nitrogen and oxygen atoms in total. The zero-order valence-electron chi connectivity index (χ0n) is 12.9. The van der Waals surface area contributed by atoms with Gasteiger partial charge in [-0.3, -0.25) is 4.79 Å². The summed E-state index contributed by atoms with van der Waals surface area (Å²) in [6.45, 7) is 6.53. The number of hydrogen-bond donors (Lipinski definition) is 2. The molecule has 0 atom stereocenters. The van der Waals surface area contributed by atoms with E-state index in [4.69, 9.17) is 5.73 Å². The number of nitrogens with one attached hydrogen (secondary N) is 1. The first kappa shape index (κ1) is 16.7. The van der Waals surface area contributed by atoms with Crippen molar-refractivity contribution in [2.24, 2.45) is 5.73 Å². The Morgan fingerprint density at radius 1 is 1.30 bits per heavy atom. The molecule has 0 saturated heterocycles. The summed E-state index contributed by atoms with van der Waals surface area (Å²) in [4.78, 5) is 14.2. The third kappa shape index (κ3) is 5.72. The third-order valence-corrected chi connectivity index (χ3v) is 3.58. The highest BCUT2D eigenvalue weighted by Crippen LogP contribution is 2.08. The monoisotopic (exact) mass is 277 g/mol. The van der Waals surface area contributed by atoms with Crippen LogP contribution in [0, 0.1) is 0 Å². The molecule has 0 saturated carbocycles. The molecule has 0 heterocycles. The van der Waals surface area contributed by atoms with Gasteiger partial charge in [0.1, 0.15) is 0 Å². The van der Waals surface area contributed by atoms with Gasteiger partial charge >= 0.3 is 0 Å². The van der Waals surface area contributed by atoms with Gasteiger partial charge < -0.3 is 16.0 Å². The Balaban J connectivity index is 2.30. The lowest BCUT2D eigenvalue weighted by Crippen LogP contribution is -2.32. The van der Waals surface area contributed by atoms with Crippen molar-refractivity contribution in [3.63, 3.8) is 0 Å². The Morgan fingerprint density at radius 2 is 1.95 bits per heavy atom. The minimum absolute atomic E-state index is 0.0677. The maximum atomic E-state index is 11.9. The molecule has 0 radical (unpaired) electrons. The Kier molecular flexibility index (Phi) is 7.26. The van der Waals surface area contributed by atoms with Crippen LogP contribution in [0.4, 0.5) is 0 Å². The molecule has 0 fully saturated rings. The van der Waals surface area contributed by atoms with E-state index in [1.807, 2.05) is 24.3 Å². The average molecular weight is 277 g/mol. The number of benzene rings is 1. The lowest BCUT2D eigenvalue weighted by molar-refractivity contribution is -0.120. The predicted octanol–water partition coefficient (Wildman–Crippen LogP) is 1.53. The summed E-state index contributed by atoms with van der Waals surface area (Å²) in [5, 5.41) is 2.97. The van der Waals surface area contributed by atoms with Gasteiger partial charge in [-0.25, -0.2) is 0 Å². The second-order valence-corrected chi connectivity index (χ2v) is 5.43. The van der Waals surface area contributed by atoms with Crippen LogP contribution < -0.4 is 11.1 Å². The highest BCUT2D eigenvalue weighted by molar-refractivity contribution is 5.78. The zero-order chi connectivity index (χ0) is 15.0. The van der Waals surface area contributed by atoms with Crippen LogP contribution in [0.15, 0.2) is 24.3 Å². The molecule has 0 aliphatic rings. The summed E-state index contributed by atoms with van der Waals surface area (Å²) in [5.74, 6) is 0.0677. The molecule has 3 N–H and O–H groups in total. The van der Waals surface area contributed by atoms with E-state index >= 15 is 0 Å². The van der Waals surface area contributed by atoms with Crippen LogP contribution in [0.2, 0.25) is 0 Å². The highest BCUT2D eigenvalue weighted by Gasteiger charge is 2.07. The van der Waals surface area contributed by atoms with Gasteiger partial charge in [-0.1, -0.05) is 24.3 Å². The maximum absolute atomic E-state index is 11.9. The van der Waals surface area contributed by atoms with Crippen molar-refractivity contribution >= 4 is 5.91 Å². The van der Waals surface area contributed by atoms with Gasteiger partial charge in [0.2, 0.25) is 5.91 Å². The van der Waals surface area contributed by atoms with Crippen LogP contribution in [0.3, 0.4) is 0 Å². The molecule has 1 amide bonds. The third-order valence-electron chi connectivity index (χ3n) is 3.58. The van der Waals surface area contributed by atoms with E-state index in [1.54, 1.807) is 0 Å². The first-order chi connectivity index (χ1) is 9.54. The molecule has 0 aliphatic carbocycles. The van der Waals surface area contributed by atoms with Gasteiger partial charge in [0, 0.05) is 19.1 Å². The van der Waals surface area contributed by atoms with Crippen LogP contribution in [-0.4, -0.2) is 37.0 Å². The number of hydrogen-bond acceptors (Lipinski definition) is 3. The van der Waals surface area contributed by atoms with Crippen molar-refractivity contribution in [2.45, 2.75) is 39.3 Å². The fourth-order valence-corrected chi connectivity index (χ4v) is 1.98. The van der Waals surface area contributed by atoms with Gasteiger partial charge in [-0.05, 0) is 45.0 Å². The van der Waals surface area contributed by atoms with Crippen LogP contribution >= 0.6 is 0 Å². The lowest BCUT2D eigenvalue weighted by Gasteiger charge is -2.20. The van der Waals surface area contributed by atoms with E-state index < -0.39 is 0 Å². The van der Waals surface area contributed by atoms with Crippen molar-refractivity contribution in [3.8, 4) is 0 Å². The van der Waals surface area contributed by atoms with Gasteiger partial charge in [-0.2, -0.15) is 0 Å². The van der Waals surface area contributed by atoms with Gasteiger partial charge in [0.05, 0.1) is 6.42 Å². The number of rotatable bonds is 8. The summed E-state index contributed by atoms with van der Waals surface area (Å²) >= 11 is 0. The Hall–Kier alpha value is -1.39. The fourth-order valence-electron chi connectivity index (χ4n) is 1.98. The first-order valence-corrected chi connectivity index (χ1v) is 7.28. The topological polar surface area (TPSA) is 58.4 Å². The molecule has 1 aromatic carbocycles. The van der Waals surface area contributed by atoms with Gasteiger partial charge in [0.25, 0.3) is 0 Å². The highest BCUT2D eigenvalue weighted by atomic mass is 16.1. The van der Waals surface area contributed by atoms with Crippen molar-refractivity contribution in [1.82, 2.24) is 10.2 Å². The smallest absolute Gasteiger partial charge is 0.224 e. The predicted molar refractivity (Wildman–Crippen MR) is 83.4 cm³/mol. The average Bonchev–Trinajstić information content (AvgIpc) is 2.43. The molecule has 0 aliphatic heterocycles. The molecular weight excluding hydrogens is 250 g/mol. The maximum Gasteiger partial charge on any atom is 0.224 e. The largest absolute Gasteiger partial charge is 0.356 e. The van der Waals surface area contributed by atoms with E-state index in [2.05, 4.69) is 31.1 Å². The van der Waals surface area contributed by atoms with Crippen LogP contribution in [0.5, 0.6) is 0 Å². The van der Waals surface area contributed by atoms with E-state index in [-0.39, 0.29) is 5.91 Å². The van der Waals surface area contributed by atoms with Crippen LogP contribution in [0.25, 0.3) is 0 Å². The van der Waals surface area contributed by atoms with Gasteiger partial charge in [0.15, 0.2) is 0 Å². The molecule has 0 bridgehead atoms. The minimum Gasteiger partial charge on any atom is -0.356 e. The van der Waals surface area contributed by atoms with E-state index in [0.29, 0.717) is 19.0 Å². The van der Waals surface area contributed by atoms with Crippen molar-refractivity contribution in [1.29, 1.82) is 0 Å². The summed E-state index contributed by atoms with van der Waals surface area (Å²) in [7, 11) is 2.10. The lowest BCUT2D eigenvalue weighted by atomic mass is 10.0. The SMILES string of the molecule is CC(C)N(C)CCCNC(=O)Cc1ccccc1CN. The molecule has 20 heavy (non-hydrogen) atoms. The van der Waals surface area contributed by atoms with Crippen molar-refractivity contribution in [2.75, 3.05) is 20.1 Å². The number of carbonyl (C=O) groups is 1. The van der Waals surface area contributed by atoms with E-state index in [1.165, 1.54) is 0 Å². The second kappa shape index (κ2) is 8.72. The number of nitrogens with two attached hydrogens (primary N) is 1. The molecule has 112 valence electrons. The standard InChI is InChI=1S/C16H27N3O/c1-13(2)19(3)10-6-9-18-16(20)11-14-7-4-5-8-15(14)12-17/h4-5,7-8,13H,6,9-12,17H2,1-3H3,(H,18,20). The Labute approximate surface area is 122 Å². The molecule has 4 heteroatoms. The molecule has 1 aromatic rings. The molecular formula is C16H27N3O. The Morgan fingerprint density at radius 3 is 2.55 bits per heavy atom. The Bertz CT molecular complexity index is 418. The van der Waals surface area contributed by atoms with Crippen LogP contribution in [0.1, 0.15) is 31.4 Å². The van der Waals surface area contributed by atoms with Crippen molar-refractivity contribution in [3.05, 3.63) is 35.4 Å². The number of nitrogens with zero attached hydrogens (tertiary/aromatic N) is 1. The second-order valence-electron chi connectivity index (χ2n) is 5.43. The first-order valence-electron chi connectivity index (χ1n) is 7.28. The number of amides is 1. The molecule has 0 spiro atoms. The summed E-state index contributed by atoms with van der Waals surface area (Å²) < 4.78 is 0. The molecule has 0 unspecified atom stereocenters. The normalized spacial score (nSPS) is 11.1. The fraction of sp³-hybridized carbons (Fsp3) is 0.562. The summed E-state index contributed by atoms with van der Waals surface area (Å²) in [5.41, 5.74) is 7.74. The molecule has 0 aromatic heterocycles. The quantitative estimate of drug-likeness (QED) is 0.709. The zero-order valence-corrected chi connectivity index (χ0v) is 12.9. The summed E-state index contributed by atoms with van der Waals surface area (Å²) in [6.07, 6.45) is 1.38. The molecule has 1 rings (SSSR count).